The molecule has 140 valence electrons. The molecule has 3 rings (SSSR count). The minimum Gasteiger partial charge on any atom is -0.385 e. The highest BCUT2D eigenvalue weighted by Crippen LogP contribution is 2.22. The van der Waals surface area contributed by atoms with Gasteiger partial charge in [-0.2, -0.15) is 0 Å². The number of hydrogen-bond acceptors (Lipinski definition) is 3. The summed E-state index contributed by atoms with van der Waals surface area (Å²) < 4.78 is 0. The first-order valence-electron chi connectivity index (χ1n) is 9.87. The number of carbonyl (C=O) groups excluding carboxylic acids is 1. The molecule has 1 saturated heterocycles. The number of likely N-dealkylation sites (tertiary alicyclic amines) is 1. The van der Waals surface area contributed by atoms with Crippen LogP contribution in [-0.2, 0) is 11.2 Å². The van der Waals surface area contributed by atoms with E-state index >= 15 is 0 Å². The molecule has 4 heteroatoms. The van der Waals surface area contributed by atoms with Crippen molar-refractivity contribution < 1.29 is 4.79 Å². The molecule has 0 spiro atoms. The standard InChI is InChI=1S/C22H31N3O/c1-18-17-21(9-12-23-18)22(26)24-13-16-25-14-10-20(11-15-25)8-7-19-5-3-2-4-6-19/h2-6,9,17,20,23H,7-8,10-16H2,1H3,(H,24,26). The fourth-order valence-electron chi connectivity index (χ4n) is 3.77. The quantitative estimate of drug-likeness (QED) is 0.792. The van der Waals surface area contributed by atoms with Crippen LogP contribution in [0.25, 0.3) is 0 Å². The lowest BCUT2D eigenvalue weighted by molar-refractivity contribution is -0.117. The van der Waals surface area contributed by atoms with Crippen molar-refractivity contribution in [2.45, 2.75) is 32.6 Å². The molecule has 0 atom stereocenters. The van der Waals surface area contributed by atoms with E-state index < -0.39 is 0 Å². The van der Waals surface area contributed by atoms with Crippen molar-refractivity contribution in [2.75, 3.05) is 32.7 Å². The van der Waals surface area contributed by atoms with Gasteiger partial charge in [-0.15, -0.1) is 0 Å². The molecule has 2 N–H and O–H groups in total. The van der Waals surface area contributed by atoms with E-state index in [0.717, 1.165) is 49.9 Å². The monoisotopic (exact) mass is 353 g/mol. The van der Waals surface area contributed by atoms with E-state index in [1.165, 1.54) is 31.2 Å². The number of rotatable bonds is 7. The second-order valence-corrected chi connectivity index (χ2v) is 7.43. The molecule has 1 aromatic rings. The maximum absolute atomic E-state index is 12.2. The van der Waals surface area contributed by atoms with Crippen LogP contribution in [0.15, 0.2) is 53.8 Å². The molecule has 0 unspecified atom stereocenters. The van der Waals surface area contributed by atoms with Crippen molar-refractivity contribution in [3.8, 4) is 0 Å². The van der Waals surface area contributed by atoms with Gasteiger partial charge in [-0.1, -0.05) is 36.4 Å². The van der Waals surface area contributed by atoms with E-state index in [9.17, 15) is 4.79 Å². The largest absolute Gasteiger partial charge is 0.385 e. The summed E-state index contributed by atoms with van der Waals surface area (Å²) in [5.74, 6) is 0.887. The summed E-state index contributed by atoms with van der Waals surface area (Å²) in [5, 5.41) is 6.25. The Morgan fingerprint density at radius 3 is 2.73 bits per heavy atom. The van der Waals surface area contributed by atoms with Crippen molar-refractivity contribution in [1.29, 1.82) is 0 Å². The fourth-order valence-corrected chi connectivity index (χ4v) is 3.77. The zero-order chi connectivity index (χ0) is 18.2. The van der Waals surface area contributed by atoms with Gasteiger partial charge in [-0.05, 0) is 63.3 Å². The Morgan fingerprint density at radius 1 is 1.23 bits per heavy atom. The summed E-state index contributed by atoms with van der Waals surface area (Å²) in [7, 11) is 0. The van der Waals surface area contributed by atoms with Crippen molar-refractivity contribution in [3.05, 3.63) is 59.3 Å². The Hall–Kier alpha value is -2.07. The molecule has 1 aromatic carbocycles. The van der Waals surface area contributed by atoms with Crippen molar-refractivity contribution in [1.82, 2.24) is 15.5 Å². The highest BCUT2D eigenvalue weighted by atomic mass is 16.1. The summed E-state index contributed by atoms with van der Waals surface area (Å²) in [5.41, 5.74) is 3.28. The Morgan fingerprint density at radius 2 is 2.00 bits per heavy atom. The normalized spacial score (nSPS) is 18.7. The van der Waals surface area contributed by atoms with Crippen LogP contribution in [0.4, 0.5) is 0 Å². The first kappa shape index (κ1) is 18.7. The zero-order valence-electron chi connectivity index (χ0n) is 15.8. The smallest absolute Gasteiger partial charge is 0.251 e. The second-order valence-electron chi connectivity index (χ2n) is 7.43. The number of piperidine rings is 1. The molecular weight excluding hydrogens is 322 g/mol. The van der Waals surface area contributed by atoms with Crippen LogP contribution in [0.2, 0.25) is 0 Å². The van der Waals surface area contributed by atoms with Crippen LogP contribution in [0.3, 0.4) is 0 Å². The lowest BCUT2D eigenvalue weighted by atomic mass is 9.90. The number of allylic oxidation sites excluding steroid dienone is 1. The Bertz CT molecular complexity index is 643. The fraction of sp³-hybridized carbons (Fsp3) is 0.500. The maximum Gasteiger partial charge on any atom is 0.251 e. The summed E-state index contributed by atoms with van der Waals surface area (Å²) in [4.78, 5) is 14.7. The van der Waals surface area contributed by atoms with Gasteiger partial charge in [0.2, 0.25) is 0 Å². The summed E-state index contributed by atoms with van der Waals surface area (Å²) in [6.07, 6.45) is 8.90. The Balaban J connectivity index is 1.30. The predicted octanol–water partition coefficient (Wildman–Crippen LogP) is 2.88. The number of benzene rings is 1. The molecular formula is C22H31N3O. The number of amides is 1. The van der Waals surface area contributed by atoms with E-state index in [0.29, 0.717) is 0 Å². The molecule has 0 aliphatic carbocycles. The van der Waals surface area contributed by atoms with E-state index in [2.05, 4.69) is 45.9 Å². The third-order valence-corrected chi connectivity index (χ3v) is 5.44. The molecule has 1 amide bonds. The summed E-state index contributed by atoms with van der Waals surface area (Å²) in [6, 6.07) is 10.8. The average Bonchev–Trinajstić information content (AvgIpc) is 2.68. The van der Waals surface area contributed by atoms with E-state index in [4.69, 9.17) is 0 Å². The van der Waals surface area contributed by atoms with Crippen LogP contribution in [0.1, 0.15) is 31.7 Å². The Kier molecular flexibility index (Phi) is 6.89. The predicted molar refractivity (Wildman–Crippen MR) is 107 cm³/mol. The van der Waals surface area contributed by atoms with Crippen molar-refractivity contribution >= 4 is 5.91 Å². The highest BCUT2D eigenvalue weighted by molar-refractivity contribution is 5.96. The molecule has 0 saturated carbocycles. The van der Waals surface area contributed by atoms with E-state index in [1.807, 2.05) is 19.1 Å². The van der Waals surface area contributed by atoms with Gasteiger partial charge < -0.3 is 15.5 Å². The van der Waals surface area contributed by atoms with E-state index in [-0.39, 0.29) is 5.91 Å². The number of aryl methyl sites for hydroxylation is 1. The molecule has 2 aliphatic rings. The molecule has 26 heavy (non-hydrogen) atoms. The molecule has 0 bridgehead atoms. The van der Waals surface area contributed by atoms with Crippen LogP contribution in [-0.4, -0.2) is 43.5 Å². The highest BCUT2D eigenvalue weighted by Gasteiger charge is 2.19. The van der Waals surface area contributed by atoms with Gasteiger partial charge in [-0.25, -0.2) is 0 Å². The van der Waals surface area contributed by atoms with Crippen LogP contribution < -0.4 is 10.6 Å². The molecule has 0 radical (unpaired) electrons. The van der Waals surface area contributed by atoms with Gasteiger partial charge in [0.15, 0.2) is 0 Å². The number of nitrogens with one attached hydrogen (secondary N) is 2. The lowest BCUT2D eigenvalue weighted by Crippen LogP contribution is -2.40. The van der Waals surface area contributed by atoms with Gasteiger partial charge >= 0.3 is 0 Å². The molecule has 2 heterocycles. The molecule has 2 aliphatic heterocycles. The third-order valence-electron chi connectivity index (χ3n) is 5.44. The van der Waals surface area contributed by atoms with Gasteiger partial charge in [0.1, 0.15) is 0 Å². The maximum atomic E-state index is 12.2. The summed E-state index contributed by atoms with van der Waals surface area (Å²) in [6.45, 7) is 6.71. The minimum absolute atomic E-state index is 0.0450. The zero-order valence-corrected chi connectivity index (χ0v) is 15.8. The number of hydrogen-bond donors (Lipinski definition) is 2. The van der Waals surface area contributed by atoms with Crippen LogP contribution >= 0.6 is 0 Å². The first-order valence-corrected chi connectivity index (χ1v) is 9.87. The van der Waals surface area contributed by atoms with Gasteiger partial charge in [-0.3, -0.25) is 4.79 Å². The lowest BCUT2D eigenvalue weighted by Gasteiger charge is -2.32. The number of dihydropyridines is 1. The second kappa shape index (κ2) is 9.58. The topological polar surface area (TPSA) is 44.4 Å². The van der Waals surface area contributed by atoms with Crippen LogP contribution in [0, 0.1) is 5.92 Å². The third kappa shape index (κ3) is 5.73. The first-order chi connectivity index (χ1) is 12.7. The molecule has 0 aromatic heterocycles. The minimum atomic E-state index is 0.0450. The van der Waals surface area contributed by atoms with Gasteiger partial charge in [0.25, 0.3) is 5.91 Å². The number of carbonyl (C=O) groups is 1. The van der Waals surface area contributed by atoms with Crippen molar-refractivity contribution in [2.24, 2.45) is 5.92 Å². The van der Waals surface area contributed by atoms with Crippen molar-refractivity contribution in [3.63, 3.8) is 0 Å². The van der Waals surface area contributed by atoms with Crippen LogP contribution in [0.5, 0.6) is 0 Å². The van der Waals surface area contributed by atoms with E-state index in [1.54, 1.807) is 0 Å². The van der Waals surface area contributed by atoms with Gasteiger partial charge in [0, 0.05) is 30.9 Å². The Labute approximate surface area is 157 Å². The summed E-state index contributed by atoms with van der Waals surface area (Å²) >= 11 is 0. The number of nitrogens with zero attached hydrogens (tertiary/aromatic N) is 1. The van der Waals surface area contributed by atoms with Gasteiger partial charge in [0.05, 0.1) is 0 Å². The molecule has 1 fully saturated rings. The average molecular weight is 354 g/mol. The molecule has 4 nitrogen and oxygen atoms in total. The SMILES string of the molecule is CC1=CC(C(=O)NCCN2CCC(CCc3ccccc3)CC2)=CCN1.